The molecule has 2 aliphatic rings. The largest absolute Gasteiger partial charge is 0.383 e. The van der Waals surface area contributed by atoms with Gasteiger partial charge < -0.3 is 15.0 Å². The van der Waals surface area contributed by atoms with Gasteiger partial charge in [0, 0.05) is 38.5 Å². The standard InChI is InChI=1S/C19H30N4O/c1-3-20-19(23-12-10-16-7-4-5-9-18(16)23)21-15-17-8-6-11-22(17)13-14-24-2/h4-5,7,9,17H,3,6,8,10-15H2,1-2H3,(H,20,21). The molecule has 1 saturated heterocycles. The van der Waals surface area contributed by atoms with Crippen LogP contribution in [0.15, 0.2) is 29.3 Å². The highest BCUT2D eigenvalue weighted by Crippen LogP contribution is 2.27. The summed E-state index contributed by atoms with van der Waals surface area (Å²) in [7, 11) is 1.78. The molecule has 132 valence electrons. The molecule has 0 aromatic heterocycles. The minimum absolute atomic E-state index is 0.548. The molecule has 1 aromatic carbocycles. The molecule has 0 radical (unpaired) electrons. The SMILES string of the molecule is CCNC(=NCC1CCCN1CCOC)N1CCc2ccccc21. The monoisotopic (exact) mass is 330 g/mol. The maximum absolute atomic E-state index is 5.24. The quantitative estimate of drug-likeness (QED) is 0.641. The first-order chi connectivity index (χ1) is 11.8. The van der Waals surface area contributed by atoms with Crippen molar-refractivity contribution in [2.75, 3.05) is 51.3 Å². The fourth-order valence-electron chi connectivity index (χ4n) is 3.75. The molecule has 1 aromatic rings. The Morgan fingerprint density at radius 3 is 3.04 bits per heavy atom. The molecule has 2 aliphatic heterocycles. The van der Waals surface area contributed by atoms with Gasteiger partial charge in [-0.2, -0.15) is 0 Å². The van der Waals surface area contributed by atoms with Gasteiger partial charge >= 0.3 is 0 Å². The van der Waals surface area contributed by atoms with E-state index in [1.54, 1.807) is 7.11 Å². The van der Waals surface area contributed by atoms with Crippen LogP contribution in [-0.2, 0) is 11.2 Å². The molecule has 0 aliphatic carbocycles. The third-order valence-electron chi connectivity index (χ3n) is 5.01. The van der Waals surface area contributed by atoms with Crippen LogP contribution in [0, 0.1) is 0 Å². The number of hydrogen-bond donors (Lipinski definition) is 1. The number of benzene rings is 1. The van der Waals surface area contributed by atoms with E-state index in [9.17, 15) is 0 Å². The van der Waals surface area contributed by atoms with E-state index >= 15 is 0 Å². The summed E-state index contributed by atoms with van der Waals surface area (Å²) in [6.07, 6.45) is 3.61. The van der Waals surface area contributed by atoms with Gasteiger partial charge in [0.15, 0.2) is 5.96 Å². The molecular formula is C19H30N4O. The molecule has 2 heterocycles. The van der Waals surface area contributed by atoms with Crippen molar-refractivity contribution in [1.82, 2.24) is 10.2 Å². The van der Waals surface area contributed by atoms with Crippen molar-refractivity contribution in [2.45, 2.75) is 32.2 Å². The average molecular weight is 330 g/mol. The van der Waals surface area contributed by atoms with E-state index in [1.165, 1.54) is 30.6 Å². The molecule has 0 amide bonds. The van der Waals surface area contributed by atoms with E-state index in [0.717, 1.165) is 45.2 Å². The zero-order valence-corrected chi connectivity index (χ0v) is 15.0. The predicted octanol–water partition coefficient (Wildman–Crippen LogP) is 2.13. The van der Waals surface area contributed by atoms with Crippen molar-refractivity contribution in [3.8, 4) is 0 Å². The van der Waals surface area contributed by atoms with Crippen molar-refractivity contribution < 1.29 is 4.74 Å². The molecule has 1 fully saturated rings. The van der Waals surface area contributed by atoms with E-state index in [0.29, 0.717) is 6.04 Å². The smallest absolute Gasteiger partial charge is 0.198 e. The lowest BCUT2D eigenvalue weighted by Gasteiger charge is -2.25. The first-order valence-corrected chi connectivity index (χ1v) is 9.20. The van der Waals surface area contributed by atoms with Crippen LogP contribution in [0.5, 0.6) is 0 Å². The van der Waals surface area contributed by atoms with E-state index in [1.807, 2.05) is 0 Å². The highest BCUT2D eigenvalue weighted by atomic mass is 16.5. The van der Waals surface area contributed by atoms with Gasteiger partial charge in [0.05, 0.1) is 13.2 Å². The van der Waals surface area contributed by atoms with Crippen molar-refractivity contribution in [3.05, 3.63) is 29.8 Å². The Hall–Kier alpha value is -1.59. The van der Waals surface area contributed by atoms with Gasteiger partial charge in [-0.3, -0.25) is 9.89 Å². The number of aliphatic imine (C=N–C) groups is 1. The summed E-state index contributed by atoms with van der Waals surface area (Å²) < 4.78 is 5.24. The number of nitrogens with one attached hydrogen (secondary N) is 1. The summed E-state index contributed by atoms with van der Waals surface area (Å²) in [5.41, 5.74) is 2.73. The van der Waals surface area contributed by atoms with Crippen LogP contribution in [-0.4, -0.2) is 63.3 Å². The summed E-state index contributed by atoms with van der Waals surface area (Å²) in [5.74, 6) is 1.03. The van der Waals surface area contributed by atoms with Crippen LogP contribution in [0.2, 0.25) is 0 Å². The maximum atomic E-state index is 5.24. The number of guanidine groups is 1. The van der Waals surface area contributed by atoms with Crippen molar-refractivity contribution >= 4 is 11.6 Å². The molecule has 1 N–H and O–H groups in total. The molecular weight excluding hydrogens is 300 g/mol. The highest BCUT2D eigenvalue weighted by Gasteiger charge is 2.26. The first-order valence-electron chi connectivity index (χ1n) is 9.20. The number of ether oxygens (including phenoxy) is 1. The van der Waals surface area contributed by atoms with Gasteiger partial charge in [0.2, 0.25) is 0 Å². The third kappa shape index (κ3) is 3.90. The van der Waals surface area contributed by atoms with E-state index in [-0.39, 0.29) is 0 Å². The number of fused-ring (bicyclic) bond motifs is 1. The van der Waals surface area contributed by atoms with Crippen LogP contribution in [0.3, 0.4) is 0 Å². The normalized spacial score (nSPS) is 21.3. The summed E-state index contributed by atoms with van der Waals surface area (Å²) in [4.78, 5) is 9.85. The first kappa shape index (κ1) is 17.2. The molecule has 5 nitrogen and oxygen atoms in total. The van der Waals surface area contributed by atoms with Crippen molar-refractivity contribution in [2.24, 2.45) is 4.99 Å². The molecule has 24 heavy (non-hydrogen) atoms. The number of anilines is 1. The van der Waals surface area contributed by atoms with Gasteiger partial charge in [-0.1, -0.05) is 18.2 Å². The Labute approximate surface area is 145 Å². The maximum Gasteiger partial charge on any atom is 0.198 e. The lowest BCUT2D eigenvalue weighted by Crippen LogP contribution is -2.42. The molecule has 5 heteroatoms. The van der Waals surface area contributed by atoms with Gasteiger partial charge in [-0.15, -0.1) is 0 Å². The Balaban J connectivity index is 1.68. The zero-order chi connectivity index (χ0) is 16.8. The minimum atomic E-state index is 0.548. The number of hydrogen-bond acceptors (Lipinski definition) is 3. The summed E-state index contributed by atoms with van der Waals surface area (Å²) in [5, 5.41) is 3.48. The minimum Gasteiger partial charge on any atom is -0.383 e. The van der Waals surface area contributed by atoms with Crippen LogP contribution in [0.1, 0.15) is 25.3 Å². The van der Waals surface area contributed by atoms with E-state index < -0.39 is 0 Å². The highest BCUT2D eigenvalue weighted by molar-refractivity contribution is 5.97. The fourth-order valence-corrected chi connectivity index (χ4v) is 3.75. The molecule has 3 rings (SSSR count). The Kier molecular flexibility index (Phi) is 6.10. The van der Waals surface area contributed by atoms with Crippen molar-refractivity contribution in [1.29, 1.82) is 0 Å². The second-order valence-corrected chi connectivity index (χ2v) is 6.55. The molecule has 0 spiro atoms. The summed E-state index contributed by atoms with van der Waals surface area (Å²) >= 11 is 0. The number of rotatable bonds is 6. The van der Waals surface area contributed by atoms with Gasteiger partial charge in [-0.25, -0.2) is 0 Å². The van der Waals surface area contributed by atoms with Crippen LogP contribution >= 0.6 is 0 Å². The second-order valence-electron chi connectivity index (χ2n) is 6.55. The van der Waals surface area contributed by atoms with E-state index in [2.05, 4.69) is 46.3 Å². The van der Waals surface area contributed by atoms with E-state index in [4.69, 9.17) is 9.73 Å². The van der Waals surface area contributed by atoms with Gasteiger partial charge in [0.1, 0.15) is 0 Å². The number of nitrogens with zero attached hydrogens (tertiary/aromatic N) is 3. The number of methoxy groups -OCH3 is 1. The number of likely N-dealkylation sites (tertiary alicyclic amines) is 1. The molecule has 0 saturated carbocycles. The Bertz CT molecular complexity index is 560. The second kappa shape index (κ2) is 8.49. The lowest BCUT2D eigenvalue weighted by atomic mass is 10.2. The lowest BCUT2D eigenvalue weighted by molar-refractivity contribution is 0.143. The predicted molar refractivity (Wildman–Crippen MR) is 99.9 cm³/mol. The number of para-hydroxylation sites is 1. The molecule has 0 bridgehead atoms. The van der Waals surface area contributed by atoms with Gasteiger partial charge in [0.25, 0.3) is 0 Å². The Morgan fingerprint density at radius 2 is 2.21 bits per heavy atom. The third-order valence-corrected chi connectivity index (χ3v) is 5.01. The van der Waals surface area contributed by atoms with Crippen LogP contribution in [0.4, 0.5) is 5.69 Å². The van der Waals surface area contributed by atoms with Gasteiger partial charge in [-0.05, 0) is 44.4 Å². The van der Waals surface area contributed by atoms with Crippen molar-refractivity contribution in [3.63, 3.8) is 0 Å². The average Bonchev–Trinajstić information content (AvgIpc) is 3.23. The van der Waals surface area contributed by atoms with Crippen LogP contribution in [0.25, 0.3) is 0 Å². The summed E-state index contributed by atoms with van der Waals surface area (Å²) in [6, 6.07) is 9.22. The molecule has 1 atom stereocenters. The Morgan fingerprint density at radius 1 is 1.33 bits per heavy atom. The fraction of sp³-hybridized carbons (Fsp3) is 0.632. The summed E-state index contributed by atoms with van der Waals surface area (Å²) in [6.45, 7) is 7.91. The molecule has 1 unspecified atom stereocenters. The zero-order valence-electron chi connectivity index (χ0n) is 15.0. The van der Waals surface area contributed by atoms with Crippen LogP contribution < -0.4 is 10.2 Å². The topological polar surface area (TPSA) is 40.1 Å².